The predicted molar refractivity (Wildman–Crippen MR) is 77.8 cm³/mol. The molecule has 3 nitrogen and oxygen atoms in total. The Morgan fingerprint density at radius 2 is 2.05 bits per heavy atom. The maximum Gasteiger partial charge on any atom is 0.123 e. The largest absolute Gasteiger partial charge is 0.469 e. The highest BCUT2D eigenvalue weighted by Gasteiger charge is 2.19. The molecule has 2 aromatic rings. The summed E-state index contributed by atoms with van der Waals surface area (Å²) in [4.78, 5) is 2.12. The smallest absolute Gasteiger partial charge is 0.123 e. The molecule has 4 heteroatoms. The number of likely N-dealkylation sites (N-methyl/N-ethyl adjacent to an activating group) is 1. The van der Waals surface area contributed by atoms with Gasteiger partial charge in [-0.25, -0.2) is 4.39 Å². The first kappa shape index (κ1) is 14.8. The van der Waals surface area contributed by atoms with Gasteiger partial charge in [0.05, 0.1) is 6.26 Å². The fourth-order valence-electron chi connectivity index (χ4n) is 2.47. The highest BCUT2D eigenvalue weighted by Crippen LogP contribution is 2.25. The molecule has 0 radical (unpaired) electrons. The zero-order valence-corrected chi connectivity index (χ0v) is 12.2. The van der Waals surface area contributed by atoms with Gasteiger partial charge in [-0.05, 0) is 50.2 Å². The number of aryl methyl sites for hydroxylation is 2. The molecule has 0 amide bonds. The van der Waals surface area contributed by atoms with E-state index in [-0.39, 0.29) is 11.9 Å². The molecule has 1 atom stereocenters. The molecule has 0 aliphatic heterocycles. The first-order chi connectivity index (χ1) is 9.52. The SMILES string of the molecule is Cc1ccc(F)cc1C(CN)N(C)Cc1ccoc1C. The number of furan rings is 1. The maximum atomic E-state index is 13.5. The van der Waals surface area contributed by atoms with E-state index >= 15 is 0 Å². The number of halogens is 1. The zero-order valence-electron chi connectivity index (χ0n) is 12.2. The second kappa shape index (κ2) is 6.20. The van der Waals surface area contributed by atoms with Crippen molar-refractivity contribution in [2.75, 3.05) is 13.6 Å². The van der Waals surface area contributed by atoms with E-state index in [1.54, 1.807) is 18.4 Å². The van der Waals surface area contributed by atoms with E-state index in [9.17, 15) is 4.39 Å². The van der Waals surface area contributed by atoms with Crippen LogP contribution in [0.2, 0.25) is 0 Å². The Balaban J connectivity index is 2.23. The molecule has 0 bridgehead atoms. The van der Waals surface area contributed by atoms with Gasteiger partial charge in [0, 0.05) is 24.7 Å². The van der Waals surface area contributed by atoms with Crippen molar-refractivity contribution in [2.45, 2.75) is 26.4 Å². The van der Waals surface area contributed by atoms with Gasteiger partial charge in [-0.1, -0.05) is 6.07 Å². The van der Waals surface area contributed by atoms with Crippen molar-refractivity contribution in [1.82, 2.24) is 4.90 Å². The lowest BCUT2D eigenvalue weighted by Crippen LogP contribution is -2.30. The summed E-state index contributed by atoms with van der Waals surface area (Å²) in [6.07, 6.45) is 1.68. The van der Waals surface area contributed by atoms with E-state index < -0.39 is 0 Å². The van der Waals surface area contributed by atoms with Gasteiger partial charge in [-0.2, -0.15) is 0 Å². The van der Waals surface area contributed by atoms with Gasteiger partial charge < -0.3 is 10.2 Å². The average molecular weight is 276 g/mol. The van der Waals surface area contributed by atoms with Gasteiger partial charge in [0.15, 0.2) is 0 Å². The van der Waals surface area contributed by atoms with Gasteiger partial charge in [-0.3, -0.25) is 4.90 Å². The second-order valence-corrected chi connectivity index (χ2v) is 5.17. The van der Waals surface area contributed by atoms with Crippen LogP contribution in [0.15, 0.2) is 34.9 Å². The molecule has 108 valence electrons. The third-order valence-electron chi connectivity index (χ3n) is 3.74. The van der Waals surface area contributed by atoms with Crippen LogP contribution in [-0.4, -0.2) is 18.5 Å². The molecule has 0 saturated heterocycles. The van der Waals surface area contributed by atoms with Crippen LogP contribution in [0, 0.1) is 19.7 Å². The molecule has 20 heavy (non-hydrogen) atoms. The molecule has 1 heterocycles. The Morgan fingerprint density at radius 3 is 2.65 bits per heavy atom. The van der Waals surface area contributed by atoms with Gasteiger partial charge in [0.2, 0.25) is 0 Å². The summed E-state index contributed by atoms with van der Waals surface area (Å²) >= 11 is 0. The molecule has 2 N–H and O–H groups in total. The van der Waals surface area contributed by atoms with Crippen LogP contribution in [-0.2, 0) is 6.54 Å². The third kappa shape index (κ3) is 3.08. The van der Waals surface area contributed by atoms with Crippen molar-refractivity contribution in [3.8, 4) is 0 Å². The van der Waals surface area contributed by atoms with Crippen LogP contribution >= 0.6 is 0 Å². The van der Waals surface area contributed by atoms with Crippen LogP contribution in [0.3, 0.4) is 0 Å². The molecule has 2 rings (SSSR count). The van der Waals surface area contributed by atoms with E-state index in [0.717, 1.165) is 29.0 Å². The standard InChI is InChI=1S/C16H21FN2O/c1-11-4-5-14(17)8-15(11)16(9-18)19(3)10-13-6-7-20-12(13)2/h4-8,16H,9-10,18H2,1-3H3. The Bertz CT molecular complexity index is 580. The molecule has 1 unspecified atom stereocenters. The van der Waals surface area contributed by atoms with Crippen LogP contribution in [0.1, 0.15) is 28.5 Å². The lowest BCUT2D eigenvalue weighted by Gasteiger charge is -2.28. The monoisotopic (exact) mass is 276 g/mol. The minimum Gasteiger partial charge on any atom is -0.469 e. The summed E-state index contributed by atoms with van der Waals surface area (Å²) in [6, 6.07) is 6.79. The Labute approximate surface area is 119 Å². The first-order valence-electron chi connectivity index (χ1n) is 6.72. The topological polar surface area (TPSA) is 42.4 Å². The molecule has 0 aliphatic rings. The lowest BCUT2D eigenvalue weighted by molar-refractivity contribution is 0.239. The highest BCUT2D eigenvalue weighted by atomic mass is 19.1. The van der Waals surface area contributed by atoms with Crippen LogP contribution in [0.25, 0.3) is 0 Å². The molecular weight excluding hydrogens is 255 g/mol. The minimum absolute atomic E-state index is 0.0139. The van der Waals surface area contributed by atoms with E-state index in [4.69, 9.17) is 10.2 Å². The minimum atomic E-state index is -0.225. The zero-order chi connectivity index (χ0) is 14.7. The average Bonchev–Trinajstić information content (AvgIpc) is 2.80. The number of hydrogen-bond donors (Lipinski definition) is 1. The summed E-state index contributed by atoms with van der Waals surface area (Å²) in [6.45, 7) is 5.08. The molecule has 1 aromatic heterocycles. The van der Waals surface area contributed by atoms with E-state index in [2.05, 4.69) is 4.90 Å². The fraction of sp³-hybridized carbons (Fsp3) is 0.375. The van der Waals surface area contributed by atoms with Gasteiger partial charge in [0.25, 0.3) is 0 Å². The van der Waals surface area contributed by atoms with Crippen molar-refractivity contribution in [1.29, 1.82) is 0 Å². The van der Waals surface area contributed by atoms with Gasteiger partial charge in [-0.15, -0.1) is 0 Å². The summed E-state index contributed by atoms with van der Waals surface area (Å²) < 4.78 is 18.8. The van der Waals surface area contributed by atoms with Crippen molar-refractivity contribution in [3.63, 3.8) is 0 Å². The molecule has 0 saturated carbocycles. The van der Waals surface area contributed by atoms with E-state index in [0.29, 0.717) is 6.54 Å². The maximum absolute atomic E-state index is 13.5. The molecule has 0 aliphatic carbocycles. The second-order valence-electron chi connectivity index (χ2n) is 5.17. The number of nitrogens with two attached hydrogens (primary N) is 1. The molecule has 0 fully saturated rings. The number of nitrogens with zero attached hydrogens (tertiary/aromatic N) is 1. The number of rotatable bonds is 5. The van der Waals surface area contributed by atoms with Crippen LogP contribution in [0.5, 0.6) is 0 Å². The first-order valence-corrected chi connectivity index (χ1v) is 6.72. The number of hydrogen-bond acceptors (Lipinski definition) is 3. The molecule has 1 aromatic carbocycles. The Hall–Kier alpha value is -1.65. The van der Waals surface area contributed by atoms with Crippen LogP contribution in [0.4, 0.5) is 4.39 Å². The van der Waals surface area contributed by atoms with Crippen molar-refractivity contribution in [3.05, 3.63) is 58.8 Å². The molecule has 0 spiro atoms. The Kier molecular flexibility index (Phi) is 4.57. The Morgan fingerprint density at radius 1 is 1.30 bits per heavy atom. The van der Waals surface area contributed by atoms with E-state index in [1.165, 1.54) is 6.07 Å². The summed E-state index contributed by atoms with van der Waals surface area (Å²) in [5, 5.41) is 0. The fourth-order valence-corrected chi connectivity index (χ4v) is 2.47. The van der Waals surface area contributed by atoms with Crippen molar-refractivity contribution >= 4 is 0 Å². The lowest BCUT2D eigenvalue weighted by atomic mass is 9.99. The normalized spacial score (nSPS) is 12.9. The predicted octanol–water partition coefficient (Wildman–Crippen LogP) is 3.17. The van der Waals surface area contributed by atoms with Gasteiger partial charge in [0.1, 0.15) is 11.6 Å². The van der Waals surface area contributed by atoms with Crippen LogP contribution < -0.4 is 5.73 Å². The highest BCUT2D eigenvalue weighted by molar-refractivity contribution is 5.30. The number of benzene rings is 1. The summed E-state index contributed by atoms with van der Waals surface area (Å²) in [5.74, 6) is 0.681. The third-order valence-corrected chi connectivity index (χ3v) is 3.74. The summed E-state index contributed by atoms with van der Waals surface area (Å²) in [7, 11) is 1.99. The van der Waals surface area contributed by atoms with Gasteiger partial charge >= 0.3 is 0 Å². The quantitative estimate of drug-likeness (QED) is 0.912. The van der Waals surface area contributed by atoms with Crippen molar-refractivity contribution < 1.29 is 8.81 Å². The molecular formula is C16H21FN2O. The van der Waals surface area contributed by atoms with Crippen molar-refractivity contribution in [2.24, 2.45) is 5.73 Å². The van der Waals surface area contributed by atoms with E-state index in [1.807, 2.05) is 27.0 Å². The summed E-state index contributed by atoms with van der Waals surface area (Å²) in [5.41, 5.74) is 9.02.